The summed E-state index contributed by atoms with van der Waals surface area (Å²) in [4.78, 5) is 12.8. The number of halogens is 1. The highest BCUT2D eigenvalue weighted by Gasteiger charge is 2.17. The molecule has 0 spiro atoms. The van der Waals surface area contributed by atoms with Crippen molar-refractivity contribution in [2.24, 2.45) is 0 Å². The first-order valence-electron chi connectivity index (χ1n) is 8.52. The van der Waals surface area contributed by atoms with Crippen molar-refractivity contribution in [3.05, 3.63) is 76.0 Å². The molecule has 1 aromatic carbocycles. The summed E-state index contributed by atoms with van der Waals surface area (Å²) in [6.07, 6.45) is 3.37. The minimum absolute atomic E-state index is 0.0748. The Morgan fingerprint density at radius 3 is 2.59 bits per heavy atom. The number of benzene rings is 1. The zero-order valence-corrected chi connectivity index (χ0v) is 16.5. The molecule has 3 heterocycles. The lowest BCUT2D eigenvalue weighted by molar-refractivity contribution is 0.284. The maximum atomic E-state index is 9.81. The number of H-pyrrole nitrogens is 2. The second kappa shape index (κ2) is 8.22. The highest BCUT2D eigenvalue weighted by Crippen LogP contribution is 2.33. The number of nitriles is 1. The van der Waals surface area contributed by atoms with Gasteiger partial charge in [0.25, 0.3) is 0 Å². The van der Waals surface area contributed by atoms with Gasteiger partial charge in [0.2, 0.25) is 10.7 Å². The Hall–Kier alpha value is -3.54. The zero-order valence-electron chi connectivity index (χ0n) is 14.9. The molecule has 0 saturated heterocycles. The maximum absolute atomic E-state index is 9.81. The molecule has 0 saturated carbocycles. The highest BCUT2D eigenvalue weighted by molar-refractivity contribution is 7.71. The number of nitrogens with one attached hydrogen (secondary N) is 2. The van der Waals surface area contributed by atoms with Crippen LogP contribution in [-0.2, 0) is 6.61 Å². The van der Waals surface area contributed by atoms with E-state index < -0.39 is 0 Å². The lowest BCUT2D eigenvalue weighted by Gasteiger charge is -2.13. The number of ether oxygens (including phenoxy) is 1. The quantitative estimate of drug-likeness (QED) is 0.454. The van der Waals surface area contributed by atoms with E-state index in [0.29, 0.717) is 32.4 Å². The minimum Gasteiger partial charge on any atom is -0.468 e. The van der Waals surface area contributed by atoms with E-state index in [-0.39, 0.29) is 12.5 Å². The van der Waals surface area contributed by atoms with Crippen molar-refractivity contribution >= 4 is 23.8 Å². The van der Waals surface area contributed by atoms with E-state index in [0.717, 1.165) is 11.1 Å². The lowest BCUT2D eigenvalue weighted by Crippen LogP contribution is -2.03. The van der Waals surface area contributed by atoms with Crippen molar-refractivity contribution in [3.63, 3.8) is 0 Å². The van der Waals surface area contributed by atoms with Crippen LogP contribution >= 0.6 is 23.8 Å². The van der Waals surface area contributed by atoms with Crippen LogP contribution in [0, 0.1) is 16.1 Å². The smallest absolute Gasteiger partial charge is 0.233 e. The van der Waals surface area contributed by atoms with Gasteiger partial charge in [-0.05, 0) is 36.5 Å². The summed E-state index contributed by atoms with van der Waals surface area (Å²) in [7, 11) is 0. The molecule has 7 nitrogen and oxygen atoms in total. The van der Waals surface area contributed by atoms with E-state index in [1.54, 1.807) is 24.5 Å². The number of pyridine rings is 2. The van der Waals surface area contributed by atoms with Crippen LogP contribution in [0.3, 0.4) is 0 Å². The molecule has 0 radical (unpaired) electrons. The van der Waals surface area contributed by atoms with Gasteiger partial charge in [0.1, 0.15) is 18.2 Å². The standard InChI is InChI=1S/C20H13ClN6OS/c21-14-5-3-12(4-6-14)17-8-15(13-2-1-7-23-10-13)16(9-22)19(24-17)28-11-18-25-20(29)27-26-18/h1-8,10H,11H2,(H2,25,26,27,29). The Morgan fingerprint density at radius 1 is 1.10 bits per heavy atom. The molecule has 0 aliphatic heterocycles. The normalized spacial score (nSPS) is 10.5. The van der Waals surface area contributed by atoms with Crippen LogP contribution in [0.25, 0.3) is 22.4 Å². The van der Waals surface area contributed by atoms with Crippen LogP contribution in [0.1, 0.15) is 11.4 Å². The summed E-state index contributed by atoms with van der Waals surface area (Å²) >= 11 is 11.0. The third-order valence-electron chi connectivity index (χ3n) is 4.11. The summed E-state index contributed by atoms with van der Waals surface area (Å²) in [6.45, 7) is 0.0748. The van der Waals surface area contributed by atoms with Crippen molar-refractivity contribution in [1.82, 2.24) is 25.1 Å². The van der Waals surface area contributed by atoms with E-state index in [2.05, 4.69) is 31.2 Å². The van der Waals surface area contributed by atoms with E-state index in [4.69, 9.17) is 28.6 Å². The largest absolute Gasteiger partial charge is 0.468 e. The van der Waals surface area contributed by atoms with E-state index in [1.807, 2.05) is 30.3 Å². The highest BCUT2D eigenvalue weighted by atomic mass is 35.5. The van der Waals surface area contributed by atoms with Crippen LogP contribution in [0.4, 0.5) is 0 Å². The van der Waals surface area contributed by atoms with Gasteiger partial charge < -0.3 is 4.74 Å². The van der Waals surface area contributed by atoms with Gasteiger partial charge in [0.15, 0.2) is 5.82 Å². The average Bonchev–Trinajstić information content (AvgIpc) is 3.18. The Bertz CT molecular complexity index is 1240. The number of hydrogen-bond donors (Lipinski definition) is 2. The van der Waals surface area contributed by atoms with Gasteiger partial charge in [-0.1, -0.05) is 29.8 Å². The van der Waals surface area contributed by atoms with E-state index in [1.165, 1.54) is 0 Å². The number of rotatable bonds is 5. The molecule has 0 fully saturated rings. The van der Waals surface area contributed by atoms with Gasteiger partial charge in [-0.2, -0.15) is 5.26 Å². The minimum atomic E-state index is 0.0748. The monoisotopic (exact) mass is 420 g/mol. The molecule has 4 rings (SSSR count). The summed E-state index contributed by atoms with van der Waals surface area (Å²) < 4.78 is 6.16. The van der Waals surface area contributed by atoms with Crippen molar-refractivity contribution in [3.8, 4) is 34.3 Å². The van der Waals surface area contributed by atoms with Crippen molar-refractivity contribution in [1.29, 1.82) is 5.26 Å². The van der Waals surface area contributed by atoms with Gasteiger partial charge in [0, 0.05) is 34.1 Å². The van der Waals surface area contributed by atoms with Gasteiger partial charge in [-0.3, -0.25) is 15.2 Å². The van der Waals surface area contributed by atoms with Crippen LogP contribution < -0.4 is 4.74 Å². The van der Waals surface area contributed by atoms with Crippen LogP contribution in [0.15, 0.2) is 54.9 Å². The van der Waals surface area contributed by atoms with Crippen molar-refractivity contribution in [2.45, 2.75) is 6.61 Å². The predicted octanol–water partition coefficient (Wildman–Crippen LogP) is 4.70. The molecule has 29 heavy (non-hydrogen) atoms. The summed E-state index contributed by atoms with van der Waals surface area (Å²) in [5.41, 5.74) is 3.25. The first-order chi connectivity index (χ1) is 14.1. The molecule has 0 aliphatic carbocycles. The van der Waals surface area contributed by atoms with Gasteiger partial charge in [0.05, 0.1) is 5.69 Å². The SMILES string of the molecule is N#Cc1c(-c2cccnc2)cc(-c2ccc(Cl)cc2)nc1OCc1nc(=S)[nH][nH]1. The number of aromatic amines is 2. The molecule has 0 amide bonds. The summed E-state index contributed by atoms with van der Waals surface area (Å²) in [5, 5.41) is 15.9. The molecule has 142 valence electrons. The molecular weight excluding hydrogens is 408 g/mol. The molecule has 0 aliphatic rings. The van der Waals surface area contributed by atoms with Crippen molar-refractivity contribution < 1.29 is 4.74 Å². The summed E-state index contributed by atoms with van der Waals surface area (Å²) in [6, 6.07) is 15.0. The second-order valence-corrected chi connectivity index (χ2v) is 6.82. The topological polar surface area (TPSA) is 103 Å². The van der Waals surface area contributed by atoms with Gasteiger partial charge in [-0.25, -0.2) is 9.97 Å². The van der Waals surface area contributed by atoms with E-state index in [9.17, 15) is 5.26 Å². The number of nitrogens with zero attached hydrogens (tertiary/aromatic N) is 4. The van der Waals surface area contributed by atoms with Gasteiger partial charge in [-0.15, -0.1) is 0 Å². The molecule has 4 aromatic rings. The van der Waals surface area contributed by atoms with Crippen molar-refractivity contribution in [2.75, 3.05) is 0 Å². The third-order valence-corrected chi connectivity index (χ3v) is 4.55. The molecular formula is C20H13ClN6OS. The lowest BCUT2D eigenvalue weighted by atomic mass is 10.00. The molecule has 0 bridgehead atoms. The fraction of sp³-hybridized carbons (Fsp3) is 0.0500. The fourth-order valence-electron chi connectivity index (χ4n) is 2.76. The number of hydrogen-bond acceptors (Lipinski definition) is 6. The zero-order chi connectivity index (χ0) is 20.2. The van der Waals surface area contributed by atoms with Crippen LogP contribution in [-0.4, -0.2) is 25.1 Å². The van der Waals surface area contributed by atoms with Crippen LogP contribution in [0.5, 0.6) is 5.88 Å². The Labute approximate surface area is 176 Å². The fourth-order valence-corrected chi connectivity index (χ4v) is 3.05. The number of aromatic nitrogens is 5. The summed E-state index contributed by atoms with van der Waals surface area (Å²) in [5.74, 6) is 0.696. The van der Waals surface area contributed by atoms with Crippen LogP contribution in [0.2, 0.25) is 5.02 Å². The Morgan fingerprint density at radius 2 is 1.93 bits per heavy atom. The van der Waals surface area contributed by atoms with E-state index >= 15 is 0 Å². The molecule has 0 atom stereocenters. The first kappa shape index (κ1) is 18.8. The second-order valence-electron chi connectivity index (χ2n) is 6.00. The molecule has 9 heteroatoms. The predicted molar refractivity (Wildman–Crippen MR) is 111 cm³/mol. The average molecular weight is 421 g/mol. The maximum Gasteiger partial charge on any atom is 0.233 e. The Balaban J connectivity index is 1.83. The molecule has 2 N–H and O–H groups in total. The first-order valence-corrected chi connectivity index (χ1v) is 9.30. The Kier molecular flexibility index (Phi) is 5.33. The molecule has 0 unspecified atom stereocenters. The van der Waals surface area contributed by atoms with Gasteiger partial charge >= 0.3 is 0 Å². The third kappa shape index (κ3) is 4.16. The molecule has 3 aromatic heterocycles.